The first-order chi connectivity index (χ1) is 12.0. The molecule has 9 heteroatoms. The number of hydrogen-bond acceptors (Lipinski definition) is 4. The van der Waals surface area contributed by atoms with Crippen LogP contribution >= 0.6 is 11.6 Å². The highest BCUT2D eigenvalue weighted by molar-refractivity contribution is 6.32. The van der Waals surface area contributed by atoms with Gasteiger partial charge in [-0.2, -0.15) is 13.9 Å². The summed E-state index contributed by atoms with van der Waals surface area (Å²) in [6.07, 6.45) is 0. The molecule has 2 N–H and O–H groups in total. The van der Waals surface area contributed by atoms with E-state index in [1.165, 1.54) is 18.2 Å². The maximum atomic E-state index is 12.4. The van der Waals surface area contributed by atoms with Gasteiger partial charge in [-0.3, -0.25) is 9.59 Å². The minimum absolute atomic E-state index is 0.0132. The molecule has 0 saturated carbocycles. The Morgan fingerprint density at radius 2 is 1.92 bits per heavy atom. The van der Waals surface area contributed by atoms with Crippen molar-refractivity contribution in [3.05, 3.63) is 63.5 Å². The predicted octanol–water partition coefficient (Wildman–Crippen LogP) is 3.43. The molecule has 0 aliphatic heterocycles. The van der Waals surface area contributed by atoms with Crippen LogP contribution in [-0.2, 0) is 0 Å². The van der Waals surface area contributed by atoms with Gasteiger partial charge in [-0.1, -0.05) is 29.8 Å². The zero-order valence-electron chi connectivity index (χ0n) is 12.4. The maximum Gasteiger partial charge on any atom is 0.387 e. The third kappa shape index (κ3) is 3.58. The number of nitrogens with zero attached hydrogens (tertiary/aromatic N) is 1. The third-order valence-electron chi connectivity index (χ3n) is 3.32. The van der Waals surface area contributed by atoms with Crippen molar-refractivity contribution in [2.24, 2.45) is 0 Å². The highest BCUT2D eigenvalue weighted by Gasteiger charge is 2.15. The molecule has 3 rings (SSSR count). The number of aromatic amines is 1. The molecule has 1 amide bonds. The van der Waals surface area contributed by atoms with E-state index in [4.69, 9.17) is 11.6 Å². The molecular weight excluding hydrogens is 356 g/mol. The van der Waals surface area contributed by atoms with Crippen molar-refractivity contribution >= 4 is 34.0 Å². The standard InChI is InChI=1S/C16H10ClF2N3O3/c17-11-7-8(5-6-12(11)25-16(18)19)20-15(24)13-9-3-1-2-4-10(9)14(23)22-21-13/h1-7,16H,(H,20,24)(H,22,23). The van der Waals surface area contributed by atoms with Gasteiger partial charge in [-0.05, 0) is 24.3 Å². The topological polar surface area (TPSA) is 84.1 Å². The number of nitrogens with one attached hydrogen (secondary N) is 2. The zero-order chi connectivity index (χ0) is 18.0. The number of anilines is 1. The van der Waals surface area contributed by atoms with Gasteiger partial charge in [0.25, 0.3) is 11.5 Å². The van der Waals surface area contributed by atoms with Crippen molar-refractivity contribution in [2.75, 3.05) is 5.32 Å². The van der Waals surface area contributed by atoms with Gasteiger partial charge in [0.1, 0.15) is 5.75 Å². The first-order valence-corrected chi connectivity index (χ1v) is 7.36. The Hall–Kier alpha value is -3.00. The number of amides is 1. The van der Waals surface area contributed by atoms with Crippen LogP contribution in [0.15, 0.2) is 47.3 Å². The van der Waals surface area contributed by atoms with Gasteiger partial charge in [0.2, 0.25) is 0 Å². The number of rotatable bonds is 4. The van der Waals surface area contributed by atoms with Crippen molar-refractivity contribution in [1.29, 1.82) is 0 Å². The highest BCUT2D eigenvalue weighted by Crippen LogP contribution is 2.29. The monoisotopic (exact) mass is 365 g/mol. The van der Waals surface area contributed by atoms with E-state index in [1.54, 1.807) is 24.3 Å². The largest absolute Gasteiger partial charge is 0.433 e. The van der Waals surface area contributed by atoms with Crippen LogP contribution < -0.4 is 15.6 Å². The molecule has 6 nitrogen and oxygen atoms in total. The van der Waals surface area contributed by atoms with Gasteiger partial charge >= 0.3 is 6.61 Å². The summed E-state index contributed by atoms with van der Waals surface area (Å²) < 4.78 is 28.7. The number of carbonyl (C=O) groups excluding carboxylic acids is 1. The van der Waals surface area contributed by atoms with Gasteiger partial charge < -0.3 is 10.1 Å². The number of halogens is 3. The van der Waals surface area contributed by atoms with Gasteiger partial charge in [0.05, 0.1) is 10.4 Å². The number of alkyl halides is 2. The van der Waals surface area contributed by atoms with E-state index in [-0.39, 0.29) is 22.2 Å². The Balaban J connectivity index is 1.90. The minimum atomic E-state index is -3.00. The first kappa shape index (κ1) is 16.8. The molecule has 0 bridgehead atoms. The van der Waals surface area contributed by atoms with E-state index in [2.05, 4.69) is 20.3 Å². The van der Waals surface area contributed by atoms with E-state index in [0.717, 1.165) is 0 Å². The van der Waals surface area contributed by atoms with Crippen LogP contribution in [0.5, 0.6) is 5.75 Å². The Kier molecular flexibility index (Phi) is 4.62. The van der Waals surface area contributed by atoms with Crippen LogP contribution in [0.25, 0.3) is 10.8 Å². The fraction of sp³-hybridized carbons (Fsp3) is 0.0625. The molecule has 3 aromatic rings. The van der Waals surface area contributed by atoms with E-state index in [0.29, 0.717) is 10.8 Å². The number of aromatic nitrogens is 2. The predicted molar refractivity (Wildman–Crippen MR) is 88.4 cm³/mol. The molecule has 0 unspecified atom stereocenters. The summed E-state index contributed by atoms with van der Waals surface area (Å²) in [7, 11) is 0. The highest BCUT2D eigenvalue weighted by atomic mass is 35.5. The summed E-state index contributed by atoms with van der Waals surface area (Å²) in [5, 5.41) is 9.19. The molecule has 0 radical (unpaired) electrons. The lowest BCUT2D eigenvalue weighted by molar-refractivity contribution is -0.0497. The average Bonchev–Trinajstić information content (AvgIpc) is 2.57. The molecule has 0 spiro atoms. The third-order valence-corrected chi connectivity index (χ3v) is 3.61. The summed E-state index contributed by atoms with van der Waals surface area (Å²) in [5.41, 5.74) is -0.142. The van der Waals surface area contributed by atoms with Crippen molar-refractivity contribution in [3.63, 3.8) is 0 Å². The molecule has 0 atom stereocenters. The zero-order valence-corrected chi connectivity index (χ0v) is 13.2. The number of benzene rings is 2. The number of ether oxygens (including phenoxy) is 1. The second kappa shape index (κ2) is 6.86. The Bertz CT molecular complexity index is 1010. The summed E-state index contributed by atoms with van der Waals surface area (Å²) in [5.74, 6) is -0.798. The van der Waals surface area contributed by atoms with Crippen LogP contribution in [0.3, 0.4) is 0 Å². The maximum absolute atomic E-state index is 12.4. The summed E-state index contributed by atoms with van der Waals surface area (Å²) >= 11 is 5.85. The molecule has 0 aliphatic carbocycles. The number of fused-ring (bicyclic) bond motifs is 1. The van der Waals surface area contributed by atoms with Crippen LogP contribution in [0.4, 0.5) is 14.5 Å². The second-order valence-corrected chi connectivity index (χ2v) is 5.33. The van der Waals surface area contributed by atoms with Crippen LogP contribution in [0, 0.1) is 0 Å². The Morgan fingerprint density at radius 1 is 1.20 bits per heavy atom. The minimum Gasteiger partial charge on any atom is -0.433 e. The molecule has 0 fully saturated rings. The first-order valence-electron chi connectivity index (χ1n) is 6.99. The number of carbonyl (C=O) groups is 1. The summed E-state index contributed by atoms with van der Waals surface area (Å²) in [6, 6.07) is 10.3. The van der Waals surface area contributed by atoms with Crippen molar-refractivity contribution in [3.8, 4) is 5.75 Å². The van der Waals surface area contributed by atoms with Crippen LogP contribution in [0.1, 0.15) is 10.5 Å². The fourth-order valence-corrected chi connectivity index (χ4v) is 2.47. The van der Waals surface area contributed by atoms with Gasteiger partial charge in [-0.15, -0.1) is 0 Å². The molecular formula is C16H10ClF2N3O3. The normalized spacial score (nSPS) is 10.9. The molecule has 0 aliphatic rings. The second-order valence-electron chi connectivity index (χ2n) is 4.92. The Labute approximate surface area is 144 Å². The number of hydrogen-bond donors (Lipinski definition) is 2. The quantitative estimate of drug-likeness (QED) is 0.742. The molecule has 1 aromatic heterocycles. The van der Waals surface area contributed by atoms with Crippen molar-refractivity contribution in [2.45, 2.75) is 6.61 Å². The Morgan fingerprint density at radius 3 is 2.60 bits per heavy atom. The van der Waals surface area contributed by atoms with Gasteiger partial charge in [0.15, 0.2) is 5.69 Å². The molecule has 1 heterocycles. The lowest BCUT2D eigenvalue weighted by Gasteiger charge is -2.10. The molecule has 25 heavy (non-hydrogen) atoms. The number of H-pyrrole nitrogens is 1. The summed E-state index contributed by atoms with van der Waals surface area (Å²) in [6.45, 7) is -3.00. The smallest absolute Gasteiger partial charge is 0.387 e. The van der Waals surface area contributed by atoms with E-state index >= 15 is 0 Å². The molecule has 0 saturated heterocycles. The van der Waals surface area contributed by atoms with E-state index in [1.807, 2.05) is 0 Å². The lowest BCUT2D eigenvalue weighted by Crippen LogP contribution is -2.19. The van der Waals surface area contributed by atoms with Crippen LogP contribution in [-0.4, -0.2) is 22.7 Å². The van der Waals surface area contributed by atoms with Gasteiger partial charge in [0, 0.05) is 11.1 Å². The fourth-order valence-electron chi connectivity index (χ4n) is 2.25. The lowest BCUT2D eigenvalue weighted by atomic mass is 10.1. The van der Waals surface area contributed by atoms with Crippen molar-refractivity contribution < 1.29 is 18.3 Å². The van der Waals surface area contributed by atoms with E-state index < -0.39 is 18.1 Å². The molecule has 2 aromatic carbocycles. The van der Waals surface area contributed by atoms with Gasteiger partial charge in [-0.25, -0.2) is 5.10 Å². The van der Waals surface area contributed by atoms with E-state index in [9.17, 15) is 18.4 Å². The summed E-state index contributed by atoms with van der Waals surface area (Å²) in [4.78, 5) is 24.2. The molecule has 128 valence electrons. The SMILES string of the molecule is O=C(Nc1ccc(OC(F)F)c(Cl)c1)c1n[nH]c(=O)c2ccccc12. The van der Waals surface area contributed by atoms with Crippen LogP contribution in [0.2, 0.25) is 5.02 Å². The average molecular weight is 366 g/mol. The van der Waals surface area contributed by atoms with Crippen molar-refractivity contribution in [1.82, 2.24) is 10.2 Å².